The van der Waals surface area contributed by atoms with E-state index in [0.717, 1.165) is 22.7 Å². The Morgan fingerprint density at radius 3 is 2.60 bits per heavy atom. The van der Waals surface area contributed by atoms with Gasteiger partial charge in [0.25, 0.3) is 5.91 Å². The van der Waals surface area contributed by atoms with Gasteiger partial charge in [-0.05, 0) is 29.6 Å². The van der Waals surface area contributed by atoms with Crippen LogP contribution >= 0.6 is 11.5 Å². The van der Waals surface area contributed by atoms with Gasteiger partial charge in [0.15, 0.2) is 0 Å². The van der Waals surface area contributed by atoms with Gasteiger partial charge in [-0.3, -0.25) is 4.79 Å². The molecule has 0 atom stereocenters. The van der Waals surface area contributed by atoms with Crippen molar-refractivity contribution in [1.29, 1.82) is 0 Å². The van der Waals surface area contributed by atoms with Gasteiger partial charge in [-0.15, -0.1) is 5.10 Å². The summed E-state index contributed by atoms with van der Waals surface area (Å²) >= 11 is 1.07. The van der Waals surface area contributed by atoms with E-state index >= 15 is 0 Å². The number of aromatic nitrogens is 2. The number of amides is 1. The van der Waals surface area contributed by atoms with Gasteiger partial charge in [0.1, 0.15) is 4.88 Å². The summed E-state index contributed by atoms with van der Waals surface area (Å²) < 4.78 is 3.74. The molecule has 1 amide bonds. The molecule has 0 radical (unpaired) electrons. The number of hydrogen-bond acceptors (Lipinski definition) is 5. The summed E-state index contributed by atoms with van der Waals surface area (Å²) in [5, 5.41) is 17.2. The summed E-state index contributed by atoms with van der Waals surface area (Å²) in [5.74, 6) is -0.220. The van der Waals surface area contributed by atoms with Crippen molar-refractivity contribution >= 4 is 17.4 Å². The van der Waals surface area contributed by atoms with Gasteiger partial charge < -0.3 is 10.4 Å². The smallest absolute Gasteiger partial charge is 0.265 e. The number of hydrogen-bond donors (Lipinski definition) is 2. The Hall–Kier alpha value is -1.79. The molecule has 0 fully saturated rings. The van der Waals surface area contributed by atoms with Gasteiger partial charge in [-0.2, -0.15) is 0 Å². The van der Waals surface area contributed by atoms with Crippen LogP contribution in [0.25, 0.3) is 0 Å². The fourth-order valence-electron chi connectivity index (χ4n) is 2.56. The number of aliphatic hydroxyl groups is 1. The first-order valence-electron chi connectivity index (χ1n) is 6.44. The molecule has 0 unspecified atom stereocenters. The van der Waals surface area contributed by atoms with E-state index in [9.17, 15) is 9.90 Å². The summed E-state index contributed by atoms with van der Waals surface area (Å²) in [7, 11) is 0. The van der Waals surface area contributed by atoms with Crippen LogP contribution in [-0.4, -0.2) is 32.7 Å². The van der Waals surface area contributed by atoms with Crippen LogP contribution in [0.5, 0.6) is 0 Å². The molecule has 1 aliphatic carbocycles. The molecule has 3 rings (SSSR count). The predicted molar refractivity (Wildman–Crippen MR) is 75.8 cm³/mol. The quantitative estimate of drug-likeness (QED) is 0.887. The molecule has 0 aliphatic heterocycles. The Labute approximate surface area is 120 Å². The zero-order valence-electron chi connectivity index (χ0n) is 11.1. The van der Waals surface area contributed by atoms with Crippen LogP contribution in [0.15, 0.2) is 24.3 Å². The summed E-state index contributed by atoms with van der Waals surface area (Å²) in [6, 6.07) is 7.98. The van der Waals surface area contributed by atoms with Gasteiger partial charge in [0, 0.05) is 19.4 Å². The van der Waals surface area contributed by atoms with Crippen LogP contribution in [0.3, 0.4) is 0 Å². The van der Waals surface area contributed by atoms with Crippen LogP contribution in [-0.2, 0) is 12.8 Å². The minimum absolute atomic E-state index is 0.220. The van der Waals surface area contributed by atoms with Crippen molar-refractivity contribution in [3.05, 3.63) is 46.0 Å². The molecule has 0 bridgehead atoms. The van der Waals surface area contributed by atoms with Crippen molar-refractivity contribution in [3.8, 4) is 0 Å². The highest BCUT2D eigenvalue weighted by Crippen LogP contribution is 2.29. The minimum atomic E-state index is -0.897. The number of carbonyl (C=O) groups is 1. The van der Waals surface area contributed by atoms with Crippen LogP contribution in [0.4, 0.5) is 0 Å². The van der Waals surface area contributed by atoms with Crippen molar-refractivity contribution in [2.24, 2.45) is 0 Å². The van der Waals surface area contributed by atoms with Crippen molar-refractivity contribution < 1.29 is 9.90 Å². The van der Waals surface area contributed by atoms with Gasteiger partial charge in [0.05, 0.1) is 11.3 Å². The topological polar surface area (TPSA) is 75.1 Å². The number of nitrogens with one attached hydrogen (secondary N) is 1. The summed E-state index contributed by atoms with van der Waals surface area (Å²) in [6.45, 7) is 1.98. The third-order valence-electron chi connectivity index (χ3n) is 3.59. The van der Waals surface area contributed by atoms with Crippen LogP contribution in [0, 0.1) is 6.92 Å². The Bertz CT molecular complexity index is 628. The first-order chi connectivity index (χ1) is 9.57. The monoisotopic (exact) mass is 289 g/mol. The first kappa shape index (κ1) is 13.2. The molecule has 6 heteroatoms. The van der Waals surface area contributed by atoms with Gasteiger partial charge in [-0.1, -0.05) is 28.8 Å². The van der Waals surface area contributed by atoms with Crippen LogP contribution in [0.2, 0.25) is 0 Å². The highest BCUT2D eigenvalue weighted by molar-refractivity contribution is 7.07. The zero-order valence-corrected chi connectivity index (χ0v) is 11.9. The average molecular weight is 289 g/mol. The lowest BCUT2D eigenvalue weighted by Gasteiger charge is -2.22. The molecule has 0 spiro atoms. The van der Waals surface area contributed by atoms with Crippen molar-refractivity contribution in [2.45, 2.75) is 25.4 Å². The summed E-state index contributed by atoms with van der Waals surface area (Å²) in [5.41, 5.74) is 2.03. The highest BCUT2D eigenvalue weighted by atomic mass is 32.1. The van der Waals surface area contributed by atoms with E-state index < -0.39 is 5.60 Å². The van der Waals surface area contributed by atoms with E-state index in [1.165, 1.54) is 0 Å². The third-order valence-corrected chi connectivity index (χ3v) is 4.42. The van der Waals surface area contributed by atoms with Crippen molar-refractivity contribution in [1.82, 2.24) is 14.9 Å². The Morgan fingerprint density at radius 1 is 1.40 bits per heavy atom. The maximum atomic E-state index is 12.0. The molecule has 5 nitrogen and oxygen atoms in total. The lowest BCUT2D eigenvalue weighted by Crippen LogP contribution is -2.43. The largest absolute Gasteiger partial charge is 0.387 e. The number of benzene rings is 1. The standard InChI is InChI=1S/C14H15N3O2S/c1-9-12(20-17-16-9)13(18)15-8-14(19)6-10-4-2-3-5-11(10)7-14/h2-5,19H,6-8H2,1H3,(H,15,18). The fourth-order valence-corrected chi connectivity index (χ4v) is 3.14. The van der Waals surface area contributed by atoms with Gasteiger partial charge in [-0.25, -0.2) is 0 Å². The van der Waals surface area contributed by atoms with E-state index in [0.29, 0.717) is 23.4 Å². The Balaban J connectivity index is 1.65. The molecule has 2 aromatic rings. The number of carbonyl (C=O) groups excluding carboxylic acids is 1. The molecule has 1 heterocycles. The zero-order chi connectivity index (χ0) is 14.2. The second-order valence-corrected chi connectivity index (χ2v) is 5.97. The lowest BCUT2D eigenvalue weighted by molar-refractivity contribution is 0.0480. The summed E-state index contributed by atoms with van der Waals surface area (Å²) in [4.78, 5) is 12.5. The average Bonchev–Trinajstić information content (AvgIpc) is 2.99. The van der Waals surface area contributed by atoms with E-state index in [1.807, 2.05) is 24.3 Å². The van der Waals surface area contributed by atoms with Gasteiger partial charge in [0.2, 0.25) is 0 Å². The van der Waals surface area contributed by atoms with E-state index in [2.05, 4.69) is 14.9 Å². The molecule has 1 aromatic heterocycles. The van der Waals surface area contributed by atoms with E-state index in [1.54, 1.807) is 6.92 Å². The molecular weight excluding hydrogens is 274 g/mol. The Morgan fingerprint density at radius 2 is 2.05 bits per heavy atom. The normalized spacial score (nSPS) is 15.9. The SMILES string of the molecule is Cc1nnsc1C(=O)NCC1(O)Cc2ccccc2C1. The number of rotatable bonds is 3. The minimum Gasteiger partial charge on any atom is -0.387 e. The second kappa shape index (κ2) is 4.96. The first-order valence-corrected chi connectivity index (χ1v) is 7.21. The predicted octanol–water partition coefficient (Wildman–Crippen LogP) is 1.11. The van der Waals surface area contributed by atoms with E-state index in [4.69, 9.17) is 0 Å². The molecule has 104 valence electrons. The maximum Gasteiger partial charge on any atom is 0.265 e. The second-order valence-electron chi connectivity index (χ2n) is 5.22. The molecule has 0 saturated heterocycles. The molecule has 1 aromatic carbocycles. The summed E-state index contributed by atoms with van der Waals surface area (Å²) in [6.07, 6.45) is 1.15. The molecule has 0 saturated carbocycles. The molecule has 2 N–H and O–H groups in total. The lowest BCUT2D eigenvalue weighted by atomic mass is 10.0. The molecule has 20 heavy (non-hydrogen) atoms. The van der Waals surface area contributed by atoms with Crippen molar-refractivity contribution in [3.63, 3.8) is 0 Å². The number of aryl methyl sites for hydroxylation is 1. The fraction of sp³-hybridized carbons (Fsp3) is 0.357. The molecular formula is C14H15N3O2S. The van der Waals surface area contributed by atoms with E-state index in [-0.39, 0.29) is 12.5 Å². The number of fused-ring (bicyclic) bond motifs is 1. The third kappa shape index (κ3) is 2.44. The van der Waals surface area contributed by atoms with Gasteiger partial charge >= 0.3 is 0 Å². The molecule has 1 aliphatic rings. The van der Waals surface area contributed by atoms with Crippen LogP contribution in [0.1, 0.15) is 26.5 Å². The van der Waals surface area contributed by atoms with Crippen LogP contribution < -0.4 is 5.32 Å². The van der Waals surface area contributed by atoms with Crippen molar-refractivity contribution in [2.75, 3.05) is 6.54 Å². The maximum absolute atomic E-state index is 12.0. The number of nitrogens with zero attached hydrogens (tertiary/aromatic N) is 2. The Kier molecular flexibility index (Phi) is 3.27. The highest BCUT2D eigenvalue weighted by Gasteiger charge is 2.35.